The van der Waals surface area contributed by atoms with Crippen molar-refractivity contribution in [3.63, 3.8) is 0 Å². The summed E-state index contributed by atoms with van der Waals surface area (Å²) in [4.78, 5) is 13.3. The minimum absolute atomic E-state index is 0. The van der Waals surface area contributed by atoms with Crippen LogP contribution in [0.1, 0.15) is 31.0 Å². The van der Waals surface area contributed by atoms with Crippen molar-refractivity contribution in [2.75, 3.05) is 6.79 Å². The highest BCUT2D eigenvalue weighted by Gasteiger charge is 2.50. The van der Waals surface area contributed by atoms with Gasteiger partial charge in [-0.25, -0.2) is 0 Å². The minimum atomic E-state index is -4.85. The number of carbonyl (C=O) groups excluding carboxylic acids is 1. The Hall–Kier alpha value is -3.52. The molecule has 0 aromatic heterocycles. The monoisotopic (exact) mass is 472 g/mol. The van der Waals surface area contributed by atoms with E-state index < -0.39 is 11.8 Å². The number of aliphatic hydroxyl groups excluding tert-OH is 1. The standard InChI is InChI=1S/C26H21F3O5.H2/c27-26(28,29)34-21-7-3-17(11-20(21)18-4-1-16(14-30)2-5-18)12-24(31)25(9-10-25)19-6-8-22-23(13-19)33-15-32-22;/h1-8,11,13,30H,9-10,12,14-15H2;1H. The molecule has 0 bridgehead atoms. The first-order valence-electron chi connectivity index (χ1n) is 10.8. The number of ketones is 1. The van der Waals surface area contributed by atoms with Gasteiger partial charge in [0.05, 0.1) is 12.0 Å². The number of benzene rings is 3. The molecule has 3 aromatic carbocycles. The van der Waals surface area contributed by atoms with Crippen molar-refractivity contribution in [1.29, 1.82) is 0 Å². The normalized spacial score (nSPS) is 15.8. The van der Waals surface area contributed by atoms with E-state index in [1.165, 1.54) is 12.1 Å². The van der Waals surface area contributed by atoms with Gasteiger partial charge in [-0.05, 0) is 59.4 Å². The summed E-state index contributed by atoms with van der Waals surface area (Å²) >= 11 is 0. The van der Waals surface area contributed by atoms with Gasteiger partial charge < -0.3 is 19.3 Å². The predicted octanol–water partition coefficient (Wildman–Crippen LogP) is 5.56. The van der Waals surface area contributed by atoms with Crippen molar-refractivity contribution in [2.45, 2.75) is 37.6 Å². The number of ether oxygens (including phenoxy) is 3. The molecule has 0 spiro atoms. The summed E-state index contributed by atoms with van der Waals surface area (Å²) in [5.74, 6) is 0.901. The molecule has 1 fully saturated rings. The number of halogens is 3. The van der Waals surface area contributed by atoms with E-state index in [9.17, 15) is 23.1 Å². The summed E-state index contributed by atoms with van der Waals surface area (Å²) in [6.45, 7) is -0.0309. The second-order valence-corrected chi connectivity index (χ2v) is 8.48. The SMILES string of the molecule is O=C(Cc1ccc(OC(F)(F)F)c(-c2ccc(CO)cc2)c1)C1(c2ccc3c(c2)OCO3)CC1.[HH]. The Kier molecular flexibility index (Phi) is 5.48. The molecule has 1 aliphatic carbocycles. The van der Waals surface area contributed by atoms with Crippen LogP contribution in [-0.4, -0.2) is 24.0 Å². The maximum absolute atomic E-state index is 13.3. The van der Waals surface area contributed by atoms with Crippen molar-refractivity contribution in [1.82, 2.24) is 0 Å². The highest BCUT2D eigenvalue weighted by atomic mass is 19.4. The highest BCUT2D eigenvalue weighted by Crippen LogP contribution is 2.51. The third-order valence-corrected chi connectivity index (χ3v) is 6.29. The van der Waals surface area contributed by atoms with Gasteiger partial charge in [0.1, 0.15) is 11.5 Å². The van der Waals surface area contributed by atoms with Crippen molar-refractivity contribution in [3.05, 3.63) is 77.4 Å². The lowest BCUT2D eigenvalue weighted by molar-refractivity contribution is -0.274. The Morgan fingerprint density at radius 2 is 1.68 bits per heavy atom. The highest BCUT2D eigenvalue weighted by molar-refractivity contribution is 5.95. The first kappa shape index (κ1) is 22.3. The van der Waals surface area contributed by atoms with E-state index in [1.54, 1.807) is 36.4 Å². The topological polar surface area (TPSA) is 65.0 Å². The molecule has 5 rings (SSSR count). The van der Waals surface area contributed by atoms with E-state index in [2.05, 4.69) is 4.74 Å². The van der Waals surface area contributed by atoms with Crippen LogP contribution in [0.3, 0.4) is 0 Å². The predicted molar refractivity (Wildman–Crippen MR) is 119 cm³/mol. The third kappa shape index (κ3) is 4.33. The molecule has 0 atom stereocenters. The van der Waals surface area contributed by atoms with Crippen LogP contribution in [0.4, 0.5) is 13.2 Å². The molecule has 1 N–H and O–H groups in total. The third-order valence-electron chi connectivity index (χ3n) is 6.29. The van der Waals surface area contributed by atoms with Crippen LogP contribution in [-0.2, 0) is 23.2 Å². The lowest BCUT2D eigenvalue weighted by Gasteiger charge is -2.17. The van der Waals surface area contributed by atoms with Crippen LogP contribution in [0.5, 0.6) is 17.2 Å². The number of alkyl halides is 3. The summed E-state index contributed by atoms with van der Waals surface area (Å²) in [5, 5.41) is 9.25. The van der Waals surface area contributed by atoms with E-state index in [1.807, 2.05) is 12.1 Å². The number of hydrogen-bond acceptors (Lipinski definition) is 5. The van der Waals surface area contributed by atoms with Gasteiger partial charge in [0.25, 0.3) is 0 Å². The number of hydrogen-bond donors (Lipinski definition) is 1. The number of aliphatic hydroxyl groups is 1. The average Bonchev–Trinajstić information content (AvgIpc) is 3.50. The molecule has 1 aliphatic heterocycles. The van der Waals surface area contributed by atoms with E-state index in [-0.39, 0.29) is 38.3 Å². The van der Waals surface area contributed by atoms with Crippen LogP contribution in [0.25, 0.3) is 11.1 Å². The van der Waals surface area contributed by atoms with Gasteiger partial charge in [-0.3, -0.25) is 4.79 Å². The molecule has 0 amide bonds. The average molecular weight is 472 g/mol. The van der Waals surface area contributed by atoms with Crippen molar-refractivity contribution >= 4 is 5.78 Å². The van der Waals surface area contributed by atoms with E-state index in [4.69, 9.17) is 9.47 Å². The first-order chi connectivity index (χ1) is 16.3. The number of rotatable bonds is 7. The number of Topliss-reactive ketones (excluding diaryl/α,β-unsaturated/α-hetero) is 1. The zero-order valence-corrected chi connectivity index (χ0v) is 18.0. The second kappa shape index (κ2) is 8.36. The van der Waals surface area contributed by atoms with Gasteiger partial charge in [-0.15, -0.1) is 13.2 Å². The molecule has 0 radical (unpaired) electrons. The van der Waals surface area contributed by atoms with Gasteiger partial charge >= 0.3 is 6.36 Å². The van der Waals surface area contributed by atoms with E-state index in [0.29, 0.717) is 41.0 Å². The molecule has 1 saturated carbocycles. The second-order valence-electron chi connectivity index (χ2n) is 8.48. The van der Waals surface area contributed by atoms with Gasteiger partial charge in [0.15, 0.2) is 11.5 Å². The van der Waals surface area contributed by atoms with Crippen molar-refractivity contribution in [3.8, 4) is 28.4 Å². The zero-order chi connectivity index (χ0) is 23.9. The molecule has 2 aliphatic rings. The maximum Gasteiger partial charge on any atom is 0.573 e. The first-order valence-corrected chi connectivity index (χ1v) is 10.8. The summed E-state index contributed by atoms with van der Waals surface area (Å²) in [6, 6.07) is 16.3. The fourth-order valence-corrected chi connectivity index (χ4v) is 4.32. The largest absolute Gasteiger partial charge is 0.573 e. The summed E-state index contributed by atoms with van der Waals surface area (Å²) in [6.07, 6.45) is -3.37. The Morgan fingerprint density at radius 3 is 2.35 bits per heavy atom. The van der Waals surface area contributed by atoms with Crippen LogP contribution in [0.15, 0.2) is 60.7 Å². The Morgan fingerprint density at radius 1 is 0.971 bits per heavy atom. The molecule has 5 nitrogen and oxygen atoms in total. The van der Waals surface area contributed by atoms with Crippen LogP contribution in [0.2, 0.25) is 0 Å². The van der Waals surface area contributed by atoms with Crippen LogP contribution < -0.4 is 14.2 Å². The molecule has 8 heteroatoms. The smallest absolute Gasteiger partial charge is 0.454 e. The van der Waals surface area contributed by atoms with Crippen LogP contribution >= 0.6 is 0 Å². The molecule has 0 saturated heterocycles. The maximum atomic E-state index is 13.3. The molecule has 178 valence electrons. The summed E-state index contributed by atoms with van der Waals surface area (Å²) in [5.41, 5.74) is 2.17. The van der Waals surface area contributed by atoms with Gasteiger partial charge in [-0.2, -0.15) is 0 Å². The summed E-state index contributed by atoms with van der Waals surface area (Å²) in [7, 11) is 0. The minimum Gasteiger partial charge on any atom is -0.454 e. The molecule has 3 aromatic rings. The molecule has 34 heavy (non-hydrogen) atoms. The molecule has 1 heterocycles. The van der Waals surface area contributed by atoms with Crippen molar-refractivity contribution in [2.24, 2.45) is 0 Å². The van der Waals surface area contributed by atoms with E-state index >= 15 is 0 Å². The zero-order valence-electron chi connectivity index (χ0n) is 18.0. The Bertz CT molecular complexity index is 1240. The fourth-order valence-electron chi connectivity index (χ4n) is 4.32. The molecular weight excluding hydrogens is 449 g/mol. The van der Waals surface area contributed by atoms with E-state index in [0.717, 1.165) is 5.56 Å². The fraction of sp³-hybridized carbons (Fsp3) is 0.269. The van der Waals surface area contributed by atoms with Gasteiger partial charge in [0, 0.05) is 13.4 Å². The van der Waals surface area contributed by atoms with Gasteiger partial charge in [-0.1, -0.05) is 36.4 Å². The van der Waals surface area contributed by atoms with Gasteiger partial charge in [0.2, 0.25) is 6.79 Å². The Balaban J connectivity index is 0.00000289. The molecule has 0 unspecified atom stereocenters. The number of carbonyl (C=O) groups is 1. The van der Waals surface area contributed by atoms with Crippen molar-refractivity contribution < 1.29 is 38.7 Å². The number of fused-ring (bicyclic) bond motifs is 1. The summed E-state index contributed by atoms with van der Waals surface area (Å²) < 4.78 is 54.0. The Labute approximate surface area is 195 Å². The van der Waals surface area contributed by atoms with Crippen LogP contribution in [0, 0.1) is 0 Å². The lowest BCUT2D eigenvalue weighted by Crippen LogP contribution is -2.22. The molecular formula is C26H23F3O5. The lowest BCUT2D eigenvalue weighted by atomic mass is 9.87. The quantitative estimate of drug-likeness (QED) is 0.488.